The second kappa shape index (κ2) is 6.02. The first-order valence-electron chi connectivity index (χ1n) is 9.87. The highest BCUT2D eigenvalue weighted by Gasteiger charge is 2.47. The molecule has 4 unspecified atom stereocenters. The number of fused-ring (bicyclic) bond motifs is 5. The molecule has 22 heavy (non-hydrogen) atoms. The van der Waals surface area contributed by atoms with Crippen LogP contribution in [0.4, 0.5) is 0 Å². The van der Waals surface area contributed by atoms with E-state index < -0.39 is 0 Å². The molecule has 0 nitrogen and oxygen atoms in total. The van der Waals surface area contributed by atoms with Crippen molar-refractivity contribution in [2.75, 3.05) is 0 Å². The van der Waals surface area contributed by atoms with E-state index in [9.17, 15) is 0 Å². The van der Waals surface area contributed by atoms with E-state index in [1.807, 2.05) is 0 Å². The molecule has 0 aliphatic heterocycles. The number of benzene rings is 1. The average molecular weight is 296 g/mol. The molecule has 1 aromatic carbocycles. The zero-order valence-electron chi connectivity index (χ0n) is 14.5. The summed E-state index contributed by atoms with van der Waals surface area (Å²) in [5.74, 6) is 5.14. The second-order valence-corrected chi connectivity index (χ2v) is 8.40. The Bertz CT molecular complexity index is 529. The minimum atomic E-state index is 0.899. The molecular formula is C22H32. The average Bonchev–Trinajstić information content (AvgIpc) is 2.95. The van der Waals surface area contributed by atoms with E-state index in [2.05, 4.69) is 32.0 Å². The SMILES string of the molecule is CCCC[C@H]1CCC2C3CCc4cc(C)ccc4C3CCC21. The molecule has 2 fully saturated rings. The number of hydrogen-bond acceptors (Lipinski definition) is 0. The maximum absolute atomic E-state index is 2.48. The summed E-state index contributed by atoms with van der Waals surface area (Å²) >= 11 is 0. The molecule has 0 amide bonds. The summed E-state index contributed by atoms with van der Waals surface area (Å²) < 4.78 is 0. The Morgan fingerprint density at radius 2 is 1.82 bits per heavy atom. The lowest BCUT2D eigenvalue weighted by molar-refractivity contribution is 0.112. The van der Waals surface area contributed by atoms with Gasteiger partial charge in [-0.3, -0.25) is 0 Å². The highest BCUT2D eigenvalue weighted by Crippen LogP contribution is 2.57. The predicted octanol–water partition coefficient (Wildman–Crippen LogP) is 6.27. The van der Waals surface area contributed by atoms with Gasteiger partial charge in [0.15, 0.2) is 0 Å². The lowest BCUT2D eigenvalue weighted by Gasteiger charge is -2.45. The van der Waals surface area contributed by atoms with Crippen LogP contribution in [0.3, 0.4) is 0 Å². The summed E-state index contributed by atoms with van der Waals surface area (Å²) in [5.41, 5.74) is 4.86. The van der Waals surface area contributed by atoms with Gasteiger partial charge < -0.3 is 0 Å². The summed E-state index contributed by atoms with van der Waals surface area (Å²) in [7, 11) is 0. The minimum Gasteiger partial charge on any atom is -0.0654 e. The quantitative estimate of drug-likeness (QED) is 0.617. The van der Waals surface area contributed by atoms with Gasteiger partial charge in [-0.05, 0) is 86.2 Å². The molecule has 3 aliphatic rings. The Labute approximate surface area is 136 Å². The lowest BCUT2D eigenvalue weighted by atomic mass is 9.60. The maximum Gasteiger partial charge on any atom is -0.0128 e. The van der Waals surface area contributed by atoms with E-state index >= 15 is 0 Å². The van der Waals surface area contributed by atoms with Gasteiger partial charge in [0.05, 0.1) is 0 Å². The molecule has 0 spiro atoms. The molecule has 2 saturated carbocycles. The van der Waals surface area contributed by atoms with Crippen molar-refractivity contribution in [2.45, 2.75) is 77.6 Å². The van der Waals surface area contributed by atoms with Gasteiger partial charge in [-0.25, -0.2) is 0 Å². The molecule has 0 N–H and O–H groups in total. The fourth-order valence-electron chi connectivity index (χ4n) is 6.31. The maximum atomic E-state index is 2.48. The summed E-state index contributed by atoms with van der Waals surface area (Å²) in [5, 5.41) is 0. The molecule has 0 heterocycles. The molecule has 0 saturated heterocycles. The number of aryl methyl sites for hydroxylation is 2. The molecular weight excluding hydrogens is 264 g/mol. The van der Waals surface area contributed by atoms with Crippen molar-refractivity contribution < 1.29 is 0 Å². The molecule has 0 aromatic heterocycles. The Kier molecular flexibility index (Phi) is 4.05. The van der Waals surface area contributed by atoms with Crippen LogP contribution in [-0.2, 0) is 6.42 Å². The van der Waals surface area contributed by atoms with Gasteiger partial charge in [-0.1, -0.05) is 49.9 Å². The van der Waals surface area contributed by atoms with Crippen molar-refractivity contribution in [3.05, 3.63) is 34.9 Å². The largest absolute Gasteiger partial charge is 0.0654 e. The smallest absolute Gasteiger partial charge is 0.0128 e. The highest BCUT2D eigenvalue weighted by atomic mass is 14.5. The standard InChI is InChI=1S/C22H32/c1-3-4-5-16-7-10-20-18(16)12-13-21-19-9-6-15(2)14-17(19)8-11-22(20)21/h6,9,14,16,18,20-22H,3-5,7-8,10-13H2,1-2H3/t16-,18?,20?,21?,22?/m0/s1. The Balaban J connectivity index is 1.54. The third-order valence-corrected chi connectivity index (χ3v) is 7.28. The van der Waals surface area contributed by atoms with Gasteiger partial charge in [0.2, 0.25) is 0 Å². The summed E-state index contributed by atoms with van der Waals surface area (Å²) in [6, 6.07) is 7.30. The Morgan fingerprint density at radius 1 is 0.955 bits per heavy atom. The van der Waals surface area contributed by atoms with E-state index in [0.29, 0.717) is 0 Å². The number of rotatable bonds is 3. The van der Waals surface area contributed by atoms with Crippen molar-refractivity contribution in [3.63, 3.8) is 0 Å². The molecule has 0 radical (unpaired) electrons. The van der Waals surface area contributed by atoms with Gasteiger partial charge in [0.25, 0.3) is 0 Å². The fraction of sp³-hybridized carbons (Fsp3) is 0.727. The first kappa shape index (κ1) is 14.8. The van der Waals surface area contributed by atoms with Crippen molar-refractivity contribution >= 4 is 0 Å². The van der Waals surface area contributed by atoms with Gasteiger partial charge in [-0.15, -0.1) is 0 Å². The Hall–Kier alpha value is -0.780. The summed E-state index contributed by atoms with van der Waals surface area (Å²) in [6.07, 6.45) is 13.3. The first-order valence-corrected chi connectivity index (χ1v) is 9.87. The van der Waals surface area contributed by atoms with Crippen LogP contribution >= 0.6 is 0 Å². The third kappa shape index (κ3) is 2.43. The van der Waals surface area contributed by atoms with Gasteiger partial charge >= 0.3 is 0 Å². The monoisotopic (exact) mass is 296 g/mol. The van der Waals surface area contributed by atoms with Crippen LogP contribution < -0.4 is 0 Å². The van der Waals surface area contributed by atoms with Crippen molar-refractivity contribution in [3.8, 4) is 0 Å². The molecule has 0 bridgehead atoms. The van der Waals surface area contributed by atoms with Crippen LogP contribution in [0.25, 0.3) is 0 Å². The van der Waals surface area contributed by atoms with E-state index in [-0.39, 0.29) is 0 Å². The molecule has 1 aromatic rings. The van der Waals surface area contributed by atoms with Gasteiger partial charge in [-0.2, -0.15) is 0 Å². The van der Waals surface area contributed by atoms with Gasteiger partial charge in [0.1, 0.15) is 0 Å². The third-order valence-electron chi connectivity index (χ3n) is 7.28. The summed E-state index contributed by atoms with van der Waals surface area (Å²) in [6.45, 7) is 4.60. The number of hydrogen-bond donors (Lipinski definition) is 0. The van der Waals surface area contributed by atoms with Crippen LogP contribution in [0.5, 0.6) is 0 Å². The number of unbranched alkanes of at least 4 members (excludes halogenated alkanes) is 1. The van der Waals surface area contributed by atoms with Crippen molar-refractivity contribution in [2.24, 2.45) is 23.7 Å². The van der Waals surface area contributed by atoms with Crippen LogP contribution in [-0.4, -0.2) is 0 Å². The van der Waals surface area contributed by atoms with Gasteiger partial charge in [0, 0.05) is 0 Å². The second-order valence-electron chi connectivity index (χ2n) is 8.40. The lowest BCUT2D eigenvalue weighted by Crippen LogP contribution is -2.35. The van der Waals surface area contributed by atoms with E-state index in [4.69, 9.17) is 0 Å². The molecule has 120 valence electrons. The van der Waals surface area contributed by atoms with Crippen LogP contribution in [0.15, 0.2) is 18.2 Å². The van der Waals surface area contributed by atoms with Crippen LogP contribution in [0.2, 0.25) is 0 Å². The Morgan fingerprint density at radius 3 is 2.68 bits per heavy atom. The van der Waals surface area contributed by atoms with E-state index in [0.717, 1.165) is 29.6 Å². The fourth-order valence-corrected chi connectivity index (χ4v) is 6.31. The minimum absolute atomic E-state index is 0.899. The summed E-state index contributed by atoms with van der Waals surface area (Å²) in [4.78, 5) is 0. The molecule has 0 heteroatoms. The van der Waals surface area contributed by atoms with Crippen molar-refractivity contribution in [1.82, 2.24) is 0 Å². The normalized spacial score (nSPS) is 36.5. The van der Waals surface area contributed by atoms with Crippen LogP contribution in [0, 0.1) is 30.6 Å². The van der Waals surface area contributed by atoms with Crippen LogP contribution in [0.1, 0.15) is 80.9 Å². The zero-order chi connectivity index (χ0) is 15.1. The van der Waals surface area contributed by atoms with Crippen molar-refractivity contribution in [1.29, 1.82) is 0 Å². The first-order chi connectivity index (χ1) is 10.8. The molecule has 4 rings (SSSR count). The topological polar surface area (TPSA) is 0 Å². The molecule has 3 aliphatic carbocycles. The highest BCUT2D eigenvalue weighted by molar-refractivity contribution is 5.37. The molecule has 5 atom stereocenters. The predicted molar refractivity (Wildman–Crippen MR) is 94.2 cm³/mol. The zero-order valence-corrected chi connectivity index (χ0v) is 14.5. The van der Waals surface area contributed by atoms with E-state index in [1.165, 1.54) is 50.5 Å². The van der Waals surface area contributed by atoms with E-state index in [1.54, 1.807) is 24.0 Å².